The van der Waals surface area contributed by atoms with Crippen molar-refractivity contribution in [3.63, 3.8) is 0 Å². The molecule has 1 aliphatic carbocycles. The second-order valence-corrected chi connectivity index (χ2v) is 6.71. The van der Waals surface area contributed by atoms with Crippen molar-refractivity contribution in [1.82, 2.24) is 5.32 Å². The summed E-state index contributed by atoms with van der Waals surface area (Å²) in [6, 6.07) is 5.22. The molecule has 0 spiro atoms. The largest absolute Gasteiger partial charge is 0.348 e. The van der Waals surface area contributed by atoms with Gasteiger partial charge in [-0.3, -0.25) is 4.79 Å². The number of alkyl halides is 1. The zero-order valence-corrected chi connectivity index (χ0v) is 13.6. The molecular formula is C14H16BrCl2NO. The minimum atomic E-state index is -0.0962. The molecule has 2 rings (SSSR count). The minimum absolute atomic E-state index is 0.0255. The van der Waals surface area contributed by atoms with E-state index in [1.165, 1.54) is 6.42 Å². The first-order chi connectivity index (χ1) is 9.08. The Kier molecular flexibility index (Phi) is 5.55. The molecule has 2 unspecified atom stereocenters. The predicted molar refractivity (Wildman–Crippen MR) is 83.1 cm³/mol. The van der Waals surface area contributed by atoms with Crippen LogP contribution in [0.2, 0.25) is 5.02 Å². The molecular weight excluding hydrogens is 349 g/mol. The van der Waals surface area contributed by atoms with Crippen LogP contribution in [0.25, 0.3) is 0 Å². The van der Waals surface area contributed by atoms with Crippen molar-refractivity contribution in [2.75, 3.05) is 0 Å². The highest BCUT2D eigenvalue weighted by atomic mass is 79.9. The Hall–Kier alpha value is -0.250. The molecule has 1 amide bonds. The number of carbonyl (C=O) groups is 1. The first kappa shape index (κ1) is 15.1. The maximum absolute atomic E-state index is 12.3. The molecule has 0 radical (unpaired) electrons. The lowest BCUT2D eigenvalue weighted by Crippen LogP contribution is -2.40. The van der Waals surface area contributed by atoms with Gasteiger partial charge in [-0.25, -0.2) is 0 Å². The van der Waals surface area contributed by atoms with Crippen molar-refractivity contribution in [3.8, 4) is 0 Å². The van der Waals surface area contributed by atoms with Gasteiger partial charge in [-0.2, -0.15) is 0 Å². The summed E-state index contributed by atoms with van der Waals surface area (Å²) in [4.78, 5) is 12.3. The van der Waals surface area contributed by atoms with E-state index < -0.39 is 0 Å². The van der Waals surface area contributed by atoms with Crippen molar-refractivity contribution in [1.29, 1.82) is 0 Å². The van der Waals surface area contributed by atoms with E-state index in [-0.39, 0.29) is 17.3 Å². The third-order valence-electron chi connectivity index (χ3n) is 3.42. The van der Waals surface area contributed by atoms with Gasteiger partial charge in [0, 0.05) is 15.5 Å². The Labute approximate surface area is 132 Å². The van der Waals surface area contributed by atoms with Gasteiger partial charge >= 0.3 is 0 Å². The molecule has 1 aliphatic rings. The van der Waals surface area contributed by atoms with Crippen LogP contribution in [0.5, 0.6) is 0 Å². The number of rotatable bonds is 2. The summed E-state index contributed by atoms with van der Waals surface area (Å²) < 4.78 is 0.706. The molecule has 1 aromatic rings. The topological polar surface area (TPSA) is 29.1 Å². The van der Waals surface area contributed by atoms with E-state index in [1.54, 1.807) is 18.2 Å². The van der Waals surface area contributed by atoms with Crippen molar-refractivity contribution in [2.45, 2.75) is 43.5 Å². The maximum atomic E-state index is 12.3. The van der Waals surface area contributed by atoms with Gasteiger partial charge in [-0.05, 0) is 47.0 Å². The number of hydrogen-bond acceptors (Lipinski definition) is 1. The lowest BCUT2D eigenvalue weighted by Gasteiger charge is -2.21. The second-order valence-electron chi connectivity index (χ2n) is 4.86. The lowest BCUT2D eigenvalue weighted by molar-refractivity contribution is 0.0933. The zero-order valence-electron chi connectivity index (χ0n) is 10.5. The van der Waals surface area contributed by atoms with Gasteiger partial charge in [0.25, 0.3) is 5.91 Å². The first-order valence-corrected chi connectivity index (χ1v) is 8.08. The van der Waals surface area contributed by atoms with Crippen LogP contribution < -0.4 is 5.32 Å². The Morgan fingerprint density at radius 3 is 2.74 bits per heavy atom. The zero-order chi connectivity index (χ0) is 13.8. The molecule has 2 nitrogen and oxygen atoms in total. The van der Waals surface area contributed by atoms with E-state index in [4.69, 9.17) is 23.2 Å². The number of carbonyl (C=O) groups excluding carboxylic acids is 1. The van der Waals surface area contributed by atoms with Crippen LogP contribution in [0.3, 0.4) is 0 Å². The highest BCUT2D eigenvalue weighted by Crippen LogP contribution is 2.25. The molecule has 19 heavy (non-hydrogen) atoms. The molecule has 2 atom stereocenters. The molecule has 1 fully saturated rings. The summed E-state index contributed by atoms with van der Waals surface area (Å²) >= 11 is 15.6. The normalized spacial score (nSPS) is 23.7. The van der Waals surface area contributed by atoms with Gasteiger partial charge < -0.3 is 5.32 Å². The van der Waals surface area contributed by atoms with Crippen LogP contribution >= 0.6 is 39.1 Å². The van der Waals surface area contributed by atoms with Crippen molar-refractivity contribution >= 4 is 45.0 Å². The minimum Gasteiger partial charge on any atom is -0.348 e. The van der Waals surface area contributed by atoms with Crippen molar-refractivity contribution < 1.29 is 4.79 Å². The molecule has 1 aromatic carbocycles. The van der Waals surface area contributed by atoms with E-state index >= 15 is 0 Å². The molecule has 5 heteroatoms. The average Bonchev–Trinajstić information content (AvgIpc) is 2.55. The standard InChI is InChI=1S/C14H16BrCl2NO/c15-11-8-9(16)6-7-10(11)14(19)18-13-5-3-1-2-4-12(13)17/h6-8,12-13H,1-5H2,(H,18,19). The summed E-state index contributed by atoms with van der Waals surface area (Å²) in [7, 11) is 0. The number of benzene rings is 1. The molecule has 0 heterocycles. The average molecular weight is 365 g/mol. The third-order valence-corrected chi connectivity index (χ3v) is 4.84. The lowest BCUT2D eigenvalue weighted by atomic mass is 10.1. The quantitative estimate of drug-likeness (QED) is 0.594. The second kappa shape index (κ2) is 6.96. The van der Waals surface area contributed by atoms with Gasteiger partial charge in [0.1, 0.15) is 0 Å². The van der Waals surface area contributed by atoms with E-state index in [1.807, 2.05) is 0 Å². The van der Waals surface area contributed by atoms with E-state index in [0.29, 0.717) is 15.1 Å². The number of halogens is 3. The van der Waals surface area contributed by atoms with Crippen LogP contribution in [0.1, 0.15) is 42.5 Å². The van der Waals surface area contributed by atoms with Crippen molar-refractivity contribution in [3.05, 3.63) is 33.3 Å². The fourth-order valence-electron chi connectivity index (χ4n) is 2.34. The van der Waals surface area contributed by atoms with Crippen LogP contribution in [-0.4, -0.2) is 17.3 Å². The molecule has 1 N–H and O–H groups in total. The van der Waals surface area contributed by atoms with E-state index in [0.717, 1.165) is 25.7 Å². The number of nitrogens with one attached hydrogen (secondary N) is 1. The predicted octanol–water partition coefficient (Wildman–Crippen LogP) is 4.77. The molecule has 0 bridgehead atoms. The van der Waals surface area contributed by atoms with Crippen LogP contribution in [-0.2, 0) is 0 Å². The smallest absolute Gasteiger partial charge is 0.252 e. The summed E-state index contributed by atoms with van der Waals surface area (Å²) in [5.41, 5.74) is 0.595. The van der Waals surface area contributed by atoms with Gasteiger partial charge in [0.2, 0.25) is 0 Å². The Morgan fingerprint density at radius 1 is 1.26 bits per heavy atom. The summed E-state index contributed by atoms with van der Waals surface area (Å²) in [5, 5.41) is 3.67. The highest BCUT2D eigenvalue weighted by molar-refractivity contribution is 9.10. The molecule has 1 saturated carbocycles. The summed E-state index contributed by atoms with van der Waals surface area (Å²) in [6.07, 6.45) is 5.38. The Balaban J connectivity index is 2.07. The van der Waals surface area contributed by atoms with Crippen molar-refractivity contribution in [2.24, 2.45) is 0 Å². The number of hydrogen-bond donors (Lipinski definition) is 1. The molecule has 0 aromatic heterocycles. The fraction of sp³-hybridized carbons (Fsp3) is 0.500. The molecule has 104 valence electrons. The third kappa shape index (κ3) is 4.11. The first-order valence-electron chi connectivity index (χ1n) is 6.48. The Morgan fingerprint density at radius 2 is 2.00 bits per heavy atom. The summed E-state index contributed by atoms with van der Waals surface area (Å²) in [5.74, 6) is -0.0962. The molecule has 0 aliphatic heterocycles. The molecule has 0 saturated heterocycles. The van der Waals surface area contributed by atoms with Gasteiger partial charge in [0.15, 0.2) is 0 Å². The van der Waals surface area contributed by atoms with Gasteiger partial charge in [0.05, 0.1) is 10.9 Å². The van der Waals surface area contributed by atoms with Crippen LogP contribution in [0.4, 0.5) is 0 Å². The fourth-order valence-corrected chi connectivity index (χ4v) is 3.55. The van der Waals surface area contributed by atoms with E-state index in [9.17, 15) is 4.79 Å². The maximum Gasteiger partial charge on any atom is 0.252 e. The van der Waals surface area contributed by atoms with Gasteiger partial charge in [-0.1, -0.05) is 30.9 Å². The summed E-state index contributed by atoms with van der Waals surface area (Å²) in [6.45, 7) is 0. The van der Waals surface area contributed by atoms with Gasteiger partial charge in [-0.15, -0.1) is 11.6 Å². The monoisotopic (exact) mass is 363 g/mol. The Bertz CT molecular complexity index is 467. The van der Waals surface area contributed by atoms with Crippen LogP contribution in [0, 0.1) is 0 Å². The highest BCUT2D eigenvalue weighted by Gasteiger charge is 2.24. The number of amides is 1. The SMILES string of the molecule is O=C(NC1CCCCCC1Cl)c1ccc(Cl)cc1Br. The van der Waals surface area contributed by atoms with Crippen LogP contribution in [0.15, 0.2) is 22.7 Å². The van der Waals surface area contributed by atoms with E-state index in [2.05, 4.69) is 21.2 Å².